The normalized spacial score (nSPS) is 11.2. The SMILES string of the molecule is CCCOc1ccc(C#C/C(C)=N/OCc2ccccc2/C(=N\OC)C(=O)NC)cc1. The Kier molecular flexibility index (Phi) is 9.63. The summed E-state index contributed by atoms with van der Waals surface area (Å²) in [5.74, 6) is 6.47. The lowest BCUT2D eigenvalue weighted by Crippen LogP contribution is -2.29. The summed E-state index contributed by atoms with van der Waals surface area (Å²) < 4.78 is 5.56. The molecule has 7 nitrogen and oxygen atoms in total. The molecule has 0 atom stereocenters. The largest absolute Gasteiger partial charge is 0.494 e. The maximum Gasteiger partial charge on any atom is 0.273 e. The van der Waals surface area contributed by atoms with Crippen LogP contribution in [0.5, 0.6) is 5.75 Å². The second kappa shape index (κ2) is 12.7. The topological polar surface area (TPSA) is 81.5 Å². The van der Waals surface area contributed by atoms with Gasteiger partial charge in [0.15, 0.2) is 5.71 Å². The molecule has 1 N–H and O–H groups in total. The van der Waals surface area contributed by atoms with Crippen LogP contribution in [-0.2, 0) is 21.1 Å². The summed E-state index contributed by atoms with van der Waals surface area (Å²) in [5.41, 5.74) is 2.90. The Morgan fingerprint density at radius 2 is 1.84 bits per heavy atom. The van der Waals surface area contributed by atoms with E-state index in [9.17, 15) is 4.79 Å². The predicted molar refractivity (Wildman–Crippen MR) is 121 cm³/mol. The van der Waals surface area contributed by atoms with E-state index in [2.05, 4.69) is 34.4 Å². The van der Waals surface area contributed by atoms with Gasteiger partial charge < -0.3 is 19.7 Å². The molecule has 162 valence electrons. The van der Waals surface area contributed by atoms with Gasteiger partial charge in [-0.15, -0.1) is 0 Å². The van der Waals surface area contributed by atoms with E-state index in [-0.39, 0.29) is 18.2 Å². The minimum absolute atomic E-state index is 0.151. The Morgan fingerprint density at radius 1 is 1.10 bits per heavy atom. The third-order valence-electron chi connectivity index (χ3n) is 4.03. The Balaban J connectivity index is 2.04. The molecule has 0 fully saturated rings. The number of nitrogens with one attached hydrogen (secondary N) is 1. The first-order valence-electron chi connectivity index (χ1n) is 9.92. The Labute approximate surface area is 183 Å². The first-order valence-corrected chi connectivity index (χ1v) is 9.92. The molecule has 0 unspecified atom stereocenters. The molecule has 0 radical (unpaired) electrons. The first-order chi connectivity index (χ1) is 15.1. The van der Waals surface area contributed by atoms with Gasteiger partial charge in [0.05, 0.1) is 6.61 Å². The molecule has 0 saturated carbocycles. The van der Waals surface area contributed by atoms with Crippen molar-refractivity contribution < 1.29 is 19.2 Å². The van der Waals surface area contributed by atoms with E-state index in [4.69, 9.17) is 14.4 Å². The lowest BCUT2D eigenvalue weighted by Gasteiger charge is -2.09. The second-order valence-corrected chi connectivity index (χ2v) is 6.43. The van der Waals surface area contributed by atoms with Crippen LogP contribution in [0.25, 0.3) is 0 Å². The van der Waals surface area contributed by atoms with Crippen LogP contribution in [-0.4, -0.2) is 38.1 Å². The molecular weight excluding hydrogens is 394 g/mol. The van der Waals surface area contributed by atoms with Crippen molar-refractivity contribution in [1.29, 1.82) is 0 Å². The van der Waals surface area contributed by atoms with Crippen LogP contribution in [0.3, 0.4) is 0 Å². The second-order valence-electron chi connectivity index (χ2n) is 6.43. The molecule has 0 aliphatic rings. The average molecular weight is 421 g/mol. The van der Waals surface area contributed by atoms with Gasteiger partial charge in [-0.05, 0) is 43.5 Å². The molecule has 1 amide bonds. The minimum atomic E-state index is -0.356. The zero-order chi connectivity index (χ0) is 22.5. The molecule has 7 heteroatoms. The highest BCUT2D eigenvalue weighted by atomic mass is 16.6. The van der Waals surface area contributed by atoms with Crippen molar-refractivity contribution in [2.75, 3.05) is 20.8 Å². The van der Waals surface area contributed by atoms with Crippen LogP contribution >= 0.6 is 0 Å². The number of rotatable bonds is 9. The van der Waals surface area contributed by atoms with Crippen molar-refractivity contribution in [1.82, 2.24) is 5.32 Å². The molecule has 2 aromatic carbocycles. The molecule has 0 aliphatic heterocycles. The quantitative estimate of drug-likeness (QED) is 0.382. The summed E-state index contributed by atoms with van der Waals surface area (Å²) in [4.78, 5) is 22.4. The fourth-order valence-electron chi connectivity index (χ4n) is 2.54. The molecule has 0 heterocycles. The molecule has 2 aromatic rings. The summed E-state index contributed by atoms with van der Waals surface area (Å²) in [5, 5.41) is 10.4. The van der Waals surface area contributed by atoms with Gasteiger partial charge in [0.25, 0.3) is 5.91 Å². The molecule has 0 aliphatic carbocycles. The first kappa shape index (κ1) is 23.5. The number of hydrogen-bond donors (Lipinski definition) is 1. The maximum absolute atomic E-state index is 12.1. The number of likely N-dealkylation sites (N-methyl/N-ethyl adjacent to an activating group) is 1. The Hall–Kier alpha value is -3.79. The number of carbonyl (C=O) groups excluding carboxylic acids is 1. The van der Waals surface area contributed by atoms with Crippen molar-refractivity contribution in [2.24, 2.45) is 10.3 Å². The van der Waals surface area contributed by atoms with Crippen LogP contribution < -0.4 is 10.1 Å². The smallest absolute Gasteiger partial charge is 0.273 e. The molecule has 31 heavy (non-hydrogen) atoms. The predicted octanol–water partition coefficient (Wildman–Crippen LogP) is 3.52. The maximum atomic E-state index is 12.1. The summed E-state index contributed by atoms with van der Waals surface area (Å²) >= 11 is 0. The molecular formula is C24H27N3O4. The number of nitrogens with zero attached hydrogens (tertiary/aromatic N) is 2. The number of ether oxygens (including phenoxy) is 1. The number of amides is 1. The van der Waals surface area contributed by atoms with Gasteiger partial charge in [-0.25, -0.2) is 0 Å². The highest BCUT2D eigenvalue weighted by Crippen LogP contribution is 2.13. The van der Waals surface area contributed by atoms with E-state index in [0.29, 0.717) is 17.9 Å². The minimum Gasteiger partial charge on any atom is -0.494 e. The van der Waals surface area contributed by atoms with Crippen molar-refractivity contribution in [3.05, 3.63) is 65.2 Å². The van der Waals surface area contributed by atoms with E-state index in [0.717, 1.165) is 23.3 Å². The average Bonchev–Trinajstić information content (AvgIpc) is 2.80. The van der Waals surface area contributed by atoms with Gasteiger partial charge in [-0.1, -0.05) is 47.4 Å². The summed E-state index contributed by atoms with van der Waals surface area (Å²) in [6, 6.07) is 14.9. The summed E-state index contributed by atoms with van der Waals surface area (Å²) in [7, 11) is 2.92. The van der Waals surface area contributed by atoms with Gasteiger partial charge in [-0.2, -0.15) is 0 Å². The highest BCUT2D eigenvalue weighted by Gasteiger charge is 2.17. The number of benzene rings is 2. The van der Waals surface area contributed by atoms with E-state index in [1.807, 2.05) is 42.5 Å². The zero-order valence-corrected chi connectivity index (χ0v) is 18.3. The summed E-state index contributed by atoms with van der Waals surface area (Å²) in [6.07, 6.45) is 0.966. The van der Waals surface area contributed by atoms with Gasteiger partial charge in [0, 0.05) is 23.7 Å². The molecule has 2 rings (SSSR count). The van der Waals surface area contributed by atoms with E-state index in [1.165, 1.54) is 14.2 Å². The van der Waals surface area contributed by atoms with Crippen LogP contribution in [0.2, 0.25) is 0 Å². The molecule has 0 aromatic heterocycles. The van der Waals surface area contributed by atoms with Gasteiger partial charge in [0.1, 0.15) is 25.2 Å². The lowest BCUT2D eigenvalue weighted by atomic mass is 10.0. The lowest BCUT2D eigenvalue weighted by molar-refractivity contribution is -0.114. The van der Waals surface area contributed by atoms with Crippen molar-refractivity contribution in [2.45, 2.75) is 26.9 Å². The van der Waals surface area contributed by atoms with Crippen LogP contribution in [0, 0.1) is 11.8 Å². The van der Waals surface area contributed by atoms with Crippen LogP contribution in [0.4, 0.5) is 0 Å². The van der Waals surface area contributed by atoms with Gasteiger partial charge in [-0.3, -0.25) is 4.79 Å². The van der Waals surface area contributed by atoms with Gasteiger partial charge >= 0.3 is 0 Å². The zero-order valence-electron chi connectivity index (χ0n) is 18.3. The number of carbonyl (C=O) groups is 1. The number of hydrogen-bond acceptors (Lipinski definition) is 6. The van der Waals surface area contributed by atoms with E-state index in [1.54, 1.807) is 13.0 Å². The molecule has 0 saturated heterocycles. The molecule has 0 spiro atoms. The molecule has 0 bridgehead atoms. The third kappa shape index (κ3) is 7.52. The van der Waals surface area contributed by atoms with Gasteiger partial charge in [0.2, 0.25) is 0 Å². The Morgan fingerprint density at radius 3 is 2.52 bits per heavy atom. The van der Waals surface area contributed by atoms with E-state index < -0.39 is 0 Å². The standard InChI is InChI=1S/C24H27N3O4/c1-5-16-30-21-14-12-19(13-15-21)11-10-18(2)26-31-17-20-8-6-7-9-22(20)23(27-29-4)24(28)25-3/h6-9,12-15H,5,16-17H2,1-4H3,(H,25,28)/b26-18+,27-23+. The van der Waals surface area contributed by atoms with Crippen molar-refractivity contribution in [3.63, 3.8) is 0 Å². The third-order valence-corrected chi connectivity index (χ3v) is 4.03. The van der Waals surface area contributed by atoms with Crippen molar-refractivity contribution >= 4 is 17.3 Å². The fraction of sp³-hybridized carbons (Fsp3) is 0.292. The Bertz CT molecular complexity index is 986. The number of oxime groups is 2. The van der Waals surface area contributed by atoms with Crippen LogP contribution in [0.15, 0.2) is 58.8 Å². The van der Waals surface area contributed by atoms with Crippen molar-refractivity contribution in [3.8, 4) is 17.6 Å². The van der Waals surface area contributed by atoms with Crippen LogP contribution in [0.1, 0.15) is 37.0 Å². The summed E-state index contributed by atoms with van der Waals surface area (Å²) in [6.45, 7) is 4.67. The monoisotopic (exact) mass is 421 g/mol. The fourth-order valence-corrected chi connectivity index (χ4v) is 2.54. The van der Waals surface area contributed by atoms with E-state index >= 15 is 0 Å². The highest BCUT2D eigenvalue weighted by molar-refractivity contribution is 6.45.